The Hall–Kier alpha value is -0.860. The maximum atomic E-state index is 9.03. The third kappa shape index (κ3) is 3.14. The van der Waals surface area contributed by atoms with Crippen LogP contribution >= 0.6 is 0 Å². The molecule has 27 valence electrons. The van der Waals surface area contributed by atoms with Crippen molar-refractivity contribution in [3.8, 4) is 0 Å². The van der Waals surface area contributed by atoms with E-state index < -0.39 is 6.09 Å². The minimum absolute atomic E-state index is 1.48. The van der Waals surface area contributed by atoms with Crippen molar-refractivity contribution < 1.29 is 9.90 Å². The van der Waals surface area contributed by atoms with E-state index in [-0.39, 0.29) is 0 Å². The molecule has 3 nitrogen and oxygen atoms in total. The third-order valence-electron chi connectivity index (χ3n) is 0.129. The maximum Gasteiger partial charge on any atom is 0.475 e. The summed E-state index contributed by atoms with van der Waals surface area (Å²) in [6, 6.07) is 0. The molecule has 1 amide bonds. The molecule has 0 atom stereocenters. The van der Waals surface area contributed by atoms with Crippen LogP contribution in [0.3, 0.4) is 0 Å². The number of rotatable bonds is 0. The molecule has 0 N–H and O–H groups in total. The maximum absolute atomic E-state index is 9.03. The van der Waals surface area contributed by atoms with Crippen molar-refractivity contribution in [2.75, 3.05) is 0 Å². The third-order valence-corrected chi connectivity index (χ3v) is 0.129. The number of nitrogens with zero attached hydrogens (tertiary/aromatic N) is 1. The first-order valence-electron chi connectivity index (χ1n) is 0.948. The molecule has 0 aliphatic heterocycles. The first kappa shape index (κ1) is 4.14. The molecule has 0 aromatic carbocycles. The molecule has 0 aromatic heterocycles. The highest BCUT2D eigenvalue weighted by molar-refractivity contribution is 5.70. The summed E-state index contributed by atoms with van der Waals surface area (Å²) in [6.45, 7) is 2.65. The standard InChI is InChI=1S/C2H2NO2/c1-3-2(4)5/h1H2. The van der Waals surface area contributed by atoms with Gasteiger partial charge in [-0.25, -0.2) is 9.90 Å². The Morgan fingerprint density at radius 3 is 2.00 bits per heavy atom. The molecule has 0 saturated carbocycles. The van der Waals surface area contributed by atoms with Crippen molar-refractivity contribution >= 4 is 12.8 Å². The highest BCUT2D eigenvalue weighted by Crippen LogP contribution is 1.61. The normalized spacial score (nSPS) is 6.40. The lowest BCUT2D eigenvalue weighted by Crippen LogP contribution is -1.75. The van der Waals surface area contributed by atoms with Crippen LogP contribution in [0.4, 0.5) is 4.79 Å². The fourth-order valence-corrected chi connectivity index (χ4v) is 0. The Morgan fingerprint density at radius 2 is 2.00 bits per heavy atom. The fraction of sp³-hybridized carbons (Fsp3) is 0. The summed E-state index contributed by atoms with van der Waals surface area (Å²) < 4.78 is 0. The lowest BCUT2D eigenvalue weighted by Gasteiger charge is -1.57. The van der Waals surface area contributed by atoms with Gasteiger partial charge in [-0.1, -0.05) is 0 Å². The lowest BCUT2D eigenvalue weighted by atomic mass is 11.2. The van der Waals surface area contributed by atoms with Crippen LogP contribution in [0, 0.1) is 0 Å². The predicted molar refractivity (Wildman–Crippen MR) is 15.6 cm³/mol. The van der Waals surface area contributed by atoms with Crippen LogP contribution in [-0.2, 0) is 5.11 Å². The molecule has 0 bridgehead atoms. The van der Waals surface area contributed by atoms with Gasteiger partial charge in [0.25, 0.3) is 0 Å². The Morgan fingerprint density at radius 1 is 1.80 bits per heavy atom. The van der Waals surface area contributed by atoms with Gasteiger partial charge in [0.1, 0.15) is 0 Å². The molecule has 3 heteroatoms. The highest BCUT2D eigenvalue weighted by Gasteiger charge is 1.80. The summed E-state index contributed by atoms with van der Waals surface area (Å²) in [4.78, 5) is 11.5. The molecule has 0 saturated heterocycles. The summed E-state index contributed by atoms with van der Waals surface area (Å²) >= 11 is 0. The molecule has 0 aliphatic carbocycles. The molecule has 0 spiro atoms. The molecule has 0 unspecified atom stereocenters. The summed E-state index contributed by atoms with van der Waals surface area (Å²) in [6.07, 6.45) is -1.48. The summed E-state index contributed by atoms with van der Waals surface area (Å²) in [5.74, 6) is 0. The van der Waals surface area contributed by atoms with Crippen LogP contribution < -0.4 is 0 Å². The minimum atomic E-state index is -1.48. The first-order chi connectivity index (χ1) is 2.27. The second kappa shape index (κ2) is 1.46. The van der Waals surface area contributed by atoms with E-state index >= 15 is 0 Å². The molecule has 5 heavy (non-hydrogen) atoms. The first-order valence-corrected chi connectivity index (χ1v) is 0.948. The van der Waals surface area contributed by atoms with E-state index in [2.05, 4.69) is 11.7 Å². The van der Waals surface area contributed by atoms with Crippen molar-refractivity contribution in [2.24, 2.45) is 4.99 Å². The lowest BCUT2D eigenvalue weighted by molar-refractivity contribution is 0.181. The van der Waals surface area contributed by atoms with Gasteiger partial charge < -0.3 is 0 Å². The van der Waals surface area contributed by atoms with Crippen molar-refractivity contribution in [3.63, 3.8) is 0 Å². The van der Waals surface area contributed by atoms with Gasteiger partial charge in [-0.2, -0.15) is 4.99 Å². The molecule has 0 aromatic rings. The SMILES string of the molecule is C=NC([O])=O. The van der Waals surface area contributed by atoms with Crippen LogP contribution in [0.5, 0.6) is 0 Å². The largest absolute Gasteiger partial charge is 0.475 e. The molecule has 0 heterocycles. The number of carbonyl (C=O) groups excluding carboxylic acids is 1. The quantitative estimate of drug-likeness (QED) is 0.378. The van der Waals surface area contributed by atoms with Crippen molar-refractivity contribution in [2.45, 2.75) is 0 Å². The number of hydrogen-bond acceptors (Lipinski definition) is 1. The average Bonchev–Trinajstić information content (AvgIpc) is 1.38. The van der Waals surface area contributed by atoms with Crippen LogP contribution in [-0.4, -0.2) is 12.8 Å². The Labute approximate surface area is 29.0 Å². The topological polar surface area (TPSA) is 49.3 Å². The smallest absolute Gasteiger partial charge is 0.218 e. The van der Waals surface area contributed by atoms with Crippen LogP contribution in [0.25, 0.3) is 0 Å². The molecular formula is C2H2NO2. The van der Waals surface area contributed by atoms with Crippen LogP contribution in [0.1, 0.15) is 0 Å². The van der Waals surface area contributed by atoms with Crippen LogP contribution in [0.15, 0.2) is 4.99 Å². The number of amides is 1. The van der Waals surface area contributed by atoms with E-state index in [0.29, 0.717) is 0 Å². The zero-order valence-corrected chi connectivity index (χ0v) is 2.47. The number of carbonyl (C=O) groups is 1. The molecule has 0 fully saturated rings. The summed E-state index contributed by atoms with van der Waals surface area (Å²) in [7, 11) is 0. The zero-order valence-electron chi connectivity index (χ0n) is 2.47. The van der Waals surface area contributed by atoms with Gasteiger partial charge in [-0.15, -0.1) is 0 Å². The van der Waals surface area contributed by atoms with E-state index in [0.717, 1.165) is 0 Å². The predicted octanol–water partition coefficient (Wildman–Crippen LogP) is 0.237. The van der Waals surface area contributed by atoms with Gasteiger partial charge >= 0.3 is 6.09 Å². The molecular weight excluding hydrogens is 70.0 g/mol. The Balaban J connectivity index is 3.20. The van der Waals surface area contributed by atoms with E-state index in [1.165, 1.54) is 0 Å². The van der Waals surface area contributed by atoms with Crippen molar-refractivity contribution in [1.82, 2.24) is 0 Å². The zero-order chi connectivity index (χ0) is 4.28. The van der Waals surface area contributed by atoms with Gasteiger partial charge in [0.15, 0.2) is 0 Å². The molecule has 0 rings (SSSR count). The number of hydrogen-bond donors (Lipinski definition) is 0. The van der Waals surface area contributed by atoms with Crippen molar-refractivity contribution in [3.05, 3.63) is 0 Å². The van der Waals surface area contributed by atoms with Gasteiger partial charge in [0, 0.05) is 0 Å². The highest BCUT2D eigenvalue weighted by atomic mass is 16.4. The van der Waals surface area contributed by atoms with Gasteiger partial charge in [0.2, 0.25) is 0 Å². The van der Waals surface area contributed by atoms with Crippen molar-refractivity contribution in [1.29, 1.82) is 0 Å². The van der Waals surface area contributed by atoms with E-state index in [1.807, 2.05) is 0 Å². The fourth-order valence-electron chi connectivity index (χ4n) is 0. The monoisotopic (exact) mass is 72.0 g/mol. The van der Waals surface area contributed by atoms with E-state index in [1.54, 1.807) is 0 Å². The van der Waals surface area contributed by atoms with Gasteiger partial charge in [0.05, 0.1) is 0 Å². The second-order valence-electron chi connectivity index (χ2n) is 0.424. The summed E-state index contributed by atoms with van der Waals surface area (Å²) in [5.41, 5.74) is 0. The minimum Gasteiger partial charge on any atom is -0.218 e. The summed E-state index contributed by atoms with van der Waals surface area (Å²) in [5, 5.41) is 9.03. The molecule has 1 radical (unpaired) electrons. The molecule has 0 aliphatic rings. The Kier molecular flexibility index (Phi) is 1.21. The van der Waals surface area contributed by atoms with Gasteiger partial charge in [-0.05, 0) is 6.72 Å². The average molecular weight is 72.0 g/mol. The Bertz CT molecular complexity index is 58.7. The van der Waals surface area contributed by atoms with E-state index in [4.69, 9.17) is 9.90 Å². The van der Waals surface area contributed by atoms with E-state index in [9.17, 15) is 0 Å². The number of aliphatic imine (C=N–C) groups is 1. The van der Waals surface area contributed by atoms with Gasteiger partial charge in [-0.3, -0.25) is 0 Å². The second-order valence-corrected chi connectivity index (χ2v) is 0.424. The van der Waals surface area contributed by atoms with Crippen LogP contribution in [0.2, 0.25) is 0 Å².